The molecule has 0 saturated carbocycles. The highest BCUT2D eigenvalue weighted by molar-refractivity contribution is 6.33. The van der Waals surface area contributed by atoms with Crippen LogP contribution in [0.1, 0.15) is 37.6 Å². The molecule has 1 N–H and O–H groups in total. The van der Waals surface area contributed by atoms with Gasteiger partial charge in [0.2, 0.25) is 0 Å². The van der Waals surface area contributed by atoms with Gasteiger partial charge in [-0.05, 0) is 31.4 Å². The minimum Gasteiger partial charge on any atom is -0.333 e. The number of rotatable bonds is 3. The van der Waals surface area contributed by atoms with Crippen LogP contribution in [0.2, 0.25) is 5.02 Å². The Hall–Kier alpha value is -1.06. The number of carbonyl (C=O) groups excluding carboxylic acids is 1. The summed E-state index contributed by atoms with van der Waals surface area (Å²) in [5.41, 5.74) is 0.608. The van der Waals surface area contributed by atoms with Crippen molar-refractivity contribution in [3.8, 4) is 0 Å². The van der Waals surface area contributed by atoms with E-state index in [2.05, 4.69) is 26.1 Å². The van der Waals surface area contributed by atoms with E-state index in [0.29, 0.717) is 22.5 Å². The molecule has 1 heterocycles. The molecular weight excluding hydrogens is 272 g/mol. The minimum atomic E-state index is 0.0506. The van der Waals surface area contributed by atoms with Crippen LogP contribution in [-0.4, -0.2) is 36.0 Å². The molecule has 1 saturated heterocycles. The van der Waals surface area contributed by atoms with E-state index in [1.807, 2.05) is 23.1 Å². The van der Waals surface area contributed by atoms with Gasteiger partial charge in [0.1, 0.15) is 0 Å². The molecule has 1 aliphatic heterocycles. The standard InChI is InChI=1S/C16H23ClN2O/c1-11(2)8-13-9-18-12(3)10-19(13)16(20)14-6-4-5-7-15(14)17/h4-7,11-13,18H,8-10H2,1-3H3. The highest BCUT2D eigenvalue weighted by Crippen LogP contribution is 2.22. The molecule has 0 aromatic heterocycles. The van der Waals surface area contributed by atoms with Crippen LogP contribution in [0.4, 0.5) is 0 Å². The molecule has 2 atom stereocenters. The molecule has 1 amide bonds. The van der Waals surface area contributed by atoms with E-state index in [0.717, 1.165) is 19.5 Å². The summed E-state index contributed by atoms with van der Waals surface area (Å²) >= 11 is 6.17. The second kappa shape index (κ2) is 6.59. The number of hydrogen-bond acceptors (Lipinski definition) is 2. The van der Waals surface area contributed by atoms with E-state index >= 15 is 0 Å². The summed E-state index contributed by atoms with van der Waals surface area (Å²) in [7, 11) is 0. The van der Waals surface area contributed by atoms with E-state index in [4.69, 9.17) is 11.6 Å². The summed E-state index contributed by atoms with van der Waals surface area (Å²) < 4.78 is 0. The molecule has 0 spiro atoms. The molecule has 4 heteroatoms. The van der Waals surface area contributed by atoms with Gasteiger partial charge in [-0.1, -0.05) is 37.6 Å². The molecule has 0 radical (unpaired) electrons. The van der Waals surface area contributed by atoms with Gasteiger partial charge in [-0.2, -0.15) is 0 Å². The van der Waals surface area contributed by atoms with Crippen LogP contribution in [-0.2, 0) is 0 Å². The van der Waals surface area contributed by atoms with Crippen molar-refractivity contribution in [1.82, 2.24) is 10.2 Å². The van der Waals surface area contributed by atoms with E-state index < -0.39 is 0 Å². The molecule has 1 aliphatic rings. The largest absolute Gasteiger partial charge is 0.333 e. The lowest BCUT2D eigenvalue weighted by atomic mass is 9.98. The summed E-state index contributed by atoms with van der Waals surface area (Å²) in [4.78, 5) is 14.8. The van der Waals surface area contributed by atoms with Gasteiger partial charge in [0.15, 0.2) is 0 Å². The van der Waals surface area contributed by atoms with Crippen molar-refractivity contribution in [2.75, 3.05) is 13.1 Å². The maximum absolute atomic E-state index is 12.8. The average Bonchev–Trinajstić information content (AvgIpc) is 2.40. The summed E-state index contributed by atoms with van der Waals surface area (Å²) in [5, 5.41) is 4.00. The Morgan fingerprint density at radius 3 is 2.80 bits per heavy atom. The smallest absolute Gasteiger partial charge is 0.255 e. The first-order valence-corrected chi connectivity index (χ1v) is 7.65. The summed E-state index contributed by atoms with van der Waals surface area (Å²) in [6.07, 6.45) is 1.01. The van der Waals surface area contributed by atoms with Crippen molar-refractivity contribution in [1.29, 1.82) is 0 Å². The third kappa shape index (κ3) is 3.53. The van der Waals surface area contributed by atoms with Crippen molar-refractivity contribution >= 4 is 17.5 Å². The van der Waals surface area contributed by atoms with Gasteiger partial charge in [-0.25, -0.2) is 0 Å². The van der Waals surface area contributed by atoms with Crippen LogP contribution in [0.15, 0.2) is 24.3 Å². The highest BCUT2D eigenvalue weighted by Gasteiger charge is 2.31. The molecule has 2 unspecified atom stereocenters. The number of benzene rings is 1. The Morgan fingerprint density at radius 1 is 1.45 bits per heavy atom. The molecular formula is C16H23ClN2O. The zero-order valence-electron chi connectivity index (χ0n) is 12.4. The van der Waals surface area contributed by atoms with Crippen molar-refractivity contribution < 1.29 is 4.79 Å². The van der Waals surface area contributed by atoms with Crippen molar-refractivity contribution in [3.05, 3.63) is 34.9 Å². The molecule has 110 valence electrons. The number of piperazine rings is 1. The van der Waals surface area contributed by atoms with E-state index in [9.17, 15) is 4.79 Å². The lowest BCUT2D eigenvalue weighted by molar-refractivity contribution is 0.0564. The van der Waals surface area contributed by atoms with Gasteiger partial charge < -0.3 is 10.2 Å². The number of hydrogen-bond donors (Lipinski definition) is 1. The predicted molar refractivity (Wildman–Crippen MR) is 83.2 cm³/mol. The van der Waals surface area contributed by atoms with Crippen molar-refractivity contribution in [3.63, 3.8) is 0 Å². The molecule has 0 aliphatic carbocycles. The van der Waals surface area contributed by atoms with Gasteiger partial charge in [-0.3, -0.25) is 4.79 Å². The van der Waals surface area contributed by atoms with Gasteiger partial charge in [0.25, 0.3) is 5.91 Å². The maximum atomic E-state index is 12.8. The van der Waals surface area contributed by atoms with Crippen molar-refractivity contribution in [2.45, 2.75) is 39.3 Å². The molecule has 3 nitrogen and oxygen atoms in total. The lowest BCUT2D eigenvalue weighted by Crippen LogP contribution is -2.57. The summed E-state index contributed by atoms with van der Waals surface area (Å²) in [6.45, 7) is 8.09. The lowest BCUT2D eigenvalue weighted by Gasteiger charge is -2.40. The van der Waals surface area contributed by atoms with Crippen LogP contribution in [0.3, 0.4) is 0 Å². The number of nitrogens with zero attached hydrogens (tertiary/aromatic N) is 1. The predicted octanol–water partition coefficient (Wildman–Crippen LogP) is 3.19. The summed E-state index contributed by atoms with van der Waals surface area (Å²) in [5.74, 6) is 0.617. The van der Waals surface area contributed by atoms with Gasteiger partial charge in [0.05, 0.1) is 10.6 Å². The highest BCUT2D eigenvalue weighted by atomic mass is 35.5. The molecule has 20 heavy (non-hydrogen) atoms. The van der Waals surface area contributed by atoms with E-state index in [1.165, 1.54) is 0 Å². The molecule has 1 aromatic carbocycles. The second-order valence-electron chi connectivity index (χ2n) is 6.03. The Balaban J connectivity index is 2.22. The van der Waals surface area contributed by atoms with E-state index in [-0.39, 0.29) is 11.9 Å². The molecule has 1 aromatic rings. The Labute approximate surface area is 126 Å². The molecule has 0 bridgehead atoms. The SMILES string of the molecule is CC(C)CC1CNC(C)CN1C(=O)c1ccccc1Cl. The third-order valence-electron chi connectivity index (χ3n) is 3.72. The fourth-order valence-corrected chi connectivity index (χ4v) is 2.97. The summed E-state index contributed by atoms with van der Waals surface area (Å²) in [6, 6.07) is 7.87. The minimum absolute atomic E-state index is 0.0506. The van der Waals surface area contributed by atoms with Gasteiger partial charge in [-0.15, -0.1) is 0 Å². The Morgan fingerprint density at radius 2 is 2.15 bits per heavy atom. The number of carbonyl (C=O) groups is 1. The van der Waals surface area contributed by atoms with Crippen molar-refractivity contribution in [2.24, 2.45) is 5.92 Å². The average molecular weight is 295 g/mol. The van der Waals surface area contributed by atoms with Crippen LogP contribution >= 0.6 is 11.6 Å². The number of amides is 1. The zero-order chi connectivity index (χ0) is 14.7. The quantitative estimate of drug-likeness (QED) is 0.928. The third-order valence-corrected chi connectivity index (χ3v) is 4.05. The first kappa shape index (κ1) is 15.3. The Bertz CT molecular complexity index is 475. The fourth-order valence-electron chi connectivity index (χ4n) is 2.75. The molecule has 1 fully saturated rings. The molecule has 2 rings (SSSR count). The first-order valence-electron chi connectivity index (χ1n) is 7.28. The van der Waals surface area contributed by atoms with E-state index in [1.54, 1.807) is 6.07 Å². The first-order chi connectivity index (χ1) is 9.49. The number of halogens is 1. The zero-order valence-corrected chi connectivity index (χ0v) is 13.2. The van der Waals surface area contributed by atoms with Crippen LogP contribution in [0.5, 0.6) is 0 Å². The van der Waals surface area contributed by atoms with Crippen LogP contribution < -0.4 is 5.32 Å². The Kier molecular flexibility index (Phi) is 5.06. The van der Waals surface area contributed by atoms with Gasteiger partial charge in [0, 0.05) is 25.2 Å². The number of nitrogens with one attached hydrogen (secondary N) is 1. The normalized spacial score (nSPS) is 23.1. The fraction of sp³-hybridized carbons (Fsp3) is 0.562. The van der Waals surface area contributed by atoms with Gasteiger partial charge >= 0.3 is 0 Å². The maximum Gasteiger partial charge on any atom is 0.255 e. The topological polar surface area (TPSA) is 32.3 Å². The van der Waals surface area contributed by atoms with Crippen LogP contribution in [0, 0.1) is 5.92 Å². The van der Waals surface area contributed by atoms with Crippen LogP contribution in [0.25, 0.3) is 0 Å². The monoisotopic (exact) mass is 294 g/mol. The second-order valence-corrected chi connectivity index (χ2v) is 6.44.